The Bertz CT molecular complexity index is 242. The Kier molecular flexibility index (Phi) is 2.17. The number of hydrogen-bond acceptors (Lipinski definition) is 2. The lowest BCUT2D eigenvalue weighted by molar-refractivity contribution is 0.109. The zero-order chi connectivity index (χ0) is 7.56. The van der Waals surface area contributed by atoms with E-state index >= 15 is 0 Å². The molecule has 2 nitrogen and oxygen atoms in total. The minimum Gasteiger partial charge on any atom is -0.281 e. The van der Waals surface area contributed by atoms with Crippen LogP contribution in [-0.2, 0) is 0 Å². The van der Waals surface area contributed by atoms with Crippen molar-refractivity contribution in [2.45, 2.75) is 6.92 Å². The monoisotopic (exact) mass is 199 g/mol. The summed E-state index contributed by atoms with van der Waals surface area (Å²) in [4.78, 5) is 14.6. The van der Waals surface area contributed by atoms with Crippen molar-refractivity contribution >= 4 is 20.6 Å². The van der Waals surface area contributed by atoms with Gasteiger partial charge >= 0.3 is 0 Å². The summed E-state index contributed by atoms with van der Waals surface area (Å²) in [6, 6.07) is 3.54. The second kappa shape index (κ2) is 2.92. The number of carbonyl (C=O) groups is 1. The number of aromatic nitrogens is 1. The molecule has 0 bridgehead atoms. The van der Waals surface area contributed by atoms with Gasteiger partial charge in [-0.1, -0.05) is 0 Å². The van der Waals surface area contributed by atoms with Crippen molar-refractivity contribution < 1.29 is 4.79 Å². The topological polar surface area (TPSA) is 30.0 Å². The van der Waals surface area contributed by atoms with Gasteiger partial charge < -0.3 is 0 Å². The molecule has 0 radical (unpaired) electrons. The summed E-state index contributed by atoms with van der Waals surface area (Å²) in [5.41, 5.74) is 1.50. The maximum atomic E-state index is 10.6. The van der Waals surface area contributed by atoms with Gasteiger partial charge in [0, 0.05) is 17.5 Å². The minimum atomic E-state index is -0.125. The third kappa shape index (κ3) is 1.64. The molecule has 1 aromatic heterocycles. The van der Waals surface area contributed by atoms with Crippen molar-refractivity contribution in [2.24, 2.45) is 0 Å². The summed E-state index contributed by atoms with van der Waals surface area (Å²) in [5.74, 6) is 0. The van der Waals surface area contributed by atoms with E-state index in [1.807, 2.05) is 6.92 Å². The average Bonchev–Trinajstić information content (AvgIpc) is 1.88. The lowest BCUT2D eigenvalue weighted by Gasteiger charge is -1.92. The van der Waals surface area contributed by atoms with Crippen LogP contribution in [0.1, 0.15) is 16.1 Å². The Labute approximate surface area is 67.4 Å². The third-order valence-electron chi connectivity index (χ3n) is 1.14. The van der Waals surface area contributed by atoms with E-state index in [0.29, 0.717) is 5.56 Å². The molecule has 0 unspecified atom stereocenters. The van der Waals surface area contributed by atoms with Gasteiger partial charge in [0.2, 0.25) is 4.69 Å². The Balaban J connectivity index is 3.00. The summed E-state index contributed by atoms with van der Waals surface area (Å²) < 4.78 is -0.125. The molecule has 0 saturated carbocycles. The number of rotatable bonds is 1. The van der Waals surface area contributed by atoms with Gasteiger partial charge in [0.15, 0.2) is 0 Å². The Hall–Kier alpha value is -0.700. The highest BCUT2D eigenvalue weighted by molar-refractivity contribution is 9.18. The number of nitrogens with zero attached hydrogens (tertiary/aromatic N) is 1. The Morgan fingerprint density at radius 3 is 2.70 bits per heavy atom. The fourth-order valence-corrected chi connectivity index (χ4v) is 0.819. The number of hydrogen-bond donors (Lipinski definition) is 0. The van der Waals surface area contributed by atoms with Gasteiger partial charge in [-0.05, 0) is 35.0 Å². The first-order valence-corrected chi connectivity index (χ1v) is 3.62. The van der Waals surface area contributed by atoms with E-state index in [1.165, 1.54) is 0 Å². The predicted molar refractivity (Wildman–Crippen MR) is 42.2 cm³/mol. The van der Waals surface area contributed by atoms with Gasteiger partial charge in [0.05, 0.1) is 0 Å². The van der Waals surface area contributed by atoms with Crippen LogP contribution in [-0.4, -0.2) is 9.68 Å². The van der Waals surface area contributed by atoms with Crippen molar-refractivity contribution in [3.05, 3.63) is 29.6 Å². The van der Waals surface area contributed by atoms with E-state index in [0.717, 1.165) is 5.69 Å². The van der Waals surface area contributed by atoms with Crippen LogP contribution in [0.3, 0.4) is 0 Å². The SMILES string of the molecule is Cc1ccc(C(=O)Br)cn1. The number of halogens is 1. The summed E-state index contributed by atoms with van der Waals surface area (Å²) in [5, 5.41) is 0. The van der Waals surface area contributed by atoms with Gasteiger partial charge in [0.1, 0.15) is 0 Å². The van der Waals surface area contributed by atoms with Crippen molar-refractivity contribution in [3.8, 4) is 0 Å². The van der Waals surface area contributed by atoms with E-state index in [9.17, 15) is 4.79 Å². The van der Waals surface area contributed by atoms with Crippen molar-refractivity contribution in [1.29, 1.82) is 0 Å². The molecular formula is C7H6BrNO. The fraction of sp³-hybridized carbons (Fsp3) is 0.143. The van der Waals surface area contributed by atoms with Crippen LogP contribution in [0.5, 0.6) is 0 Å². The zero-order valence-corrected chi connectivity index (χ0v) is 7.05. The first kappa shape index (κ1) is 7.41. The number of carbonyl (C=O) groups excluding carboxylic acids is 1. The molecule has 0 aliphatic heterocycles. The zero-order valence-electron chi connectivity index (χ0n) is 5.47. The smallest absolute Gasteiger partial charge is 0.229 e. The van der Waals surface area contributed by atoms with E-state index < -0.39 is 0 Å². The molecule has 1 aromatic rings. The predicted octanol–water partition coefficient (Wildman–Crippen LogP) is 1.93. The highest BCUT2D eigenvalue weighted by atomic mass is 79.9. The second-order valence-corrected chi connectivity index (χ2v) is 2.68. The maximum Gasteiger partial charge on any atom is 0.229 e. The third-order valence-corrected chi connectivity index (χ3v) is 1.60. The quantitative estimate of drug-likeness (QED) is 0.648. The second-order valence-electron chi connectivity index (χ2n) is 1.96. The molecule has 0 saturated heterocycles. The van der Waals surface area contributed by atoms with Gasteiger partial charge in [-0.25, -0.2) is 0 Å². The van der Waals surface area contributed by atoms with E-state index in [4.69, 9.17) is 0 Å². The van der Waals surface area contributed by atoms with Crippen LogP contribution in [0.15, 0.2) is 18.3 Å². The van der Waals surface area contributed by atoms with E-state index in [-0.39, 0.29) is 4.69 Å². The molecule has 0 fully saturated rings. The Morgan fingerprint density at radius 1 is 1.60 bits per heavy atom. The molecule has 0 spiro atoms. The lowest BCUT2D eigenvalue weighted by atomic mass is 10.3. The van der Waals surface area contributed by atoms with Gasteiger partial charge in [-0.15, -0.1) is 0 Å². The minimum absolute atomic E-state index is 0.125. The summed E-state index contributed by atoms with van der Waals surface area (Å²) in [6.07, 6.45) is 1.55. The van der Waals surface area contributed by atoms with E-state index in [1.54, 1.807) is 18.3 Å². The Morgan fingerprint density at radius 2 is 2.30 bits per heavy atom. The molecular weight excluding hydrogens is 194 g/mol. The molecule has 0 N–H and O–H groups in total. The first-order chi connectivity index (χ1) is 4.70. The maximum absolute atomic E-state index is 10.6. The number of aryl methyl sites for hydroxylation is 1. The highest BCUT2D eigenvalue weighted by Crippen LogP contribution is 2.03. The fourth-order valence-electron chi connectivity index (χ4n) is 0.584. The van der Waals surface area contributed by atoms with Gasteiger partial charge in [0.25, 0.3) is 0 Å². The molecule has 3 heteroatoms. The summed E-state index contributed by atoms with van der Waals surface area (Å²) in [6.45, 7) is 1.88. The van der Waals surface area contributed by atoms with E-state index in [2.05, 4.69) is 20.9 Å². The number of pyridine rings is 1. The molecule has 0 atom stereocenters. The van der Waals surface area contributed by atoms with Crippen LogP contribution >= 0.6 is 15.9 Å². The molecule has 52 valence electrons. The largest absolute Gasteiger partial charge is 0.281 e. The molecule has 10 heavy (non-hydrogen) atoms. The van der Waals surface area contributed by atoms with Crippen molar-refractivity contribution in [3.63, 3.8) is 0 Å². The summed E-state index contributed by atoms with van der Waals surface area (Å²) in [7, 11) is 0. The van der Waals surface area contributed by atoms with Crippen LogP contribution < -0.4 is 0 Å². The lowest BCUT2D eigenvalue weighted by Crippen LogP contribution is -1.89. The highest BCUT2D eigenvalue weighted by Gasteiger charge is 1.98. The van der Waals surface area contributed by atoms with Crippen LogP contribution in [0.25, 0.3) is 0 Å². The van der Waals surface area contributed by atoms with Crippen LogP contribution in [0.2, 0.25) is 0 Å². The van der Waals surface area contributed by atoms with Crippen LogP contribution in [0, 0.1) is 6.92 Å². The van der Waals surface area contributed by atoms with Crippen molar-refractivity contribution in [1.82, 2.24) is 4.98 Å². The first-order valence-electron chi connectivity index (χ1n) is 2.82. The molecule has 1 rings (SSSR count). The van der Waals surface area contributed by atoms with Gasteiger partial charge in [-0.2, -0.15) is 0 Å². The van der Waals surface area contributed by atoms with Crippen LogP contribution in [0.4, 0.5) is 0 Å². The molecule has 0 aliphatic carbocycles. The molecule has 0 aromatic carbocycles. The molecule has 0 amide bonds. The summed E-state index contributed by atoms with van der Waals surface area (Å²) >= 11 is 2.83. The molecule has 1 heterocycles. The van der Waals surface area contributed by atoms with Gasteiger partial charge in [-0.3, -0.25) is 9.78 Å². The normalized spacial score (nSPS) is 9.40. The van der Waals surface area contributed by atoms with Crippen molar-refractivity contribution in [2.75, 3.05) is 0 Å². The molecule has 0 aliphatic rings. The standard InChI is InChI=1S/C7H6BrNO/c1-5-2-3-6(4-9-5)7(8)10/h2-4H,1H3. The average molecular weight is 200 g/mol.